The highest BCUT2D eigenvalue weighted by Gasteiger charge is 2.28. The van der Waals surface area contributed by atoms with Crippen molar-refractivity contribution < 1.29 is 17.9 Å². The van der Waals surface area contributed by atoms with Crippen molar-refractivity contribution >= 4 is 15.9 Å². The van der Waals surface area contributed by atoms with Crippen molar-refractivity contribution in [3.05, 3.63) is 59.2 Å². The Morgan fingerprint density at radius 1 is 1.21 bits per heavy atom. The molecule has 1 atom stereocenters. The fourth-order valence-corrected chi connectivity index (χ4v) is 4.70. The number of rotatable bonds is 6. The van der Waals surface area contributed by atoms with Crippen molar-refractivity contribution in [1.29, 1.82) is 0 Å². The summed E-state index contributed by atoms with van der Waals surface area (Å²) in [5.74, 6) is 0.429. The zero-order valence-electron chi connectivity index (χ0n) is 16.4. The van der Waals surface area contributed by atoms with Crippen LogP contribution in [0.15, 0.2) is 47.4 Å². The number of sulfonamides is 1. The Balaban J connectivity index is 1.70. The molecular weight excluding hydrogens is 376 g/mol. The summed E-state index contributed by atoms with van der Waals surface area (Å²) in [6.45, 7) is 6.85. The fourth-order valence-electron chi connectivity index (χ4n) is 3.42. The zero-order chi connectivity index (χ0) is 20.3. The van der Waals surface area contributed by atoms with Crippen LogP contribution in [0.2, 0.25) is 0 Å². The van der Waals surface area contributed by atoms with Gasteiger partial charge in [0.25, 0.3) is 0 Å². The zero-order valence-corrected chi connectivity index (χ0v) is 17.3. The maximum absolute atomic E-state index is 12.8. The Morgan fingerprint density at radius 2 is 1.93 bits per heavy atom. The van der Waals surface area contributed by atoms with Crippen LogP contribution >= 0.6 is 0 Å². The van der Waals surface area contributed by atoms with E-state index in [9.17, 15) is 13.2 Å². The lowest BCUT2D eigenvalue weighted by Crippen LogP contribution is -2.48. The number of aryl methyl sites for hydroxylation is 1. The van der Waals surface area contributed by atoms with E-state index >= 15 is 0 Å². The third kappa shape index (κ3) is 4.36. The van der Waals surface area contributed by atoms with E-state index in [0.29, 0.717) is 25.4 Å². The highest BCUT2D eigenvalue weighted by molar-refractivity contribution is 7.89. The number of ether oxygens (including phenoxy) is 1. The minimum Gasteiger partial charge on any atom is -0.494 e. The molecule has 1 amide bonds. The van der Waals surface area contributed by atoms with Crippen molar-refractivity contribution in [3.63, 3.8) is 0 Å². The van der Waals surface area contributed by atoms with Gasteiger partial charge in [-0.3, -0.25) is 4.79 Å². The van der Waals surface area contributed by atoms with Gasteiger partial charge in [0.05, 0.1) is 17.5 Å². The van der Waals surface area contributed by atoms with Gasteiger partial charge in [0.2, 0.25) is 15.9 Å². The summed E-state index contributed by atoms with van der Waals surface area (Å²) in [6.07, 6.45) is 0.777. The van der Waals surface area contributed by atoms with Crippen LogP contribution in [0.1, 0.15) is 30.5 Å². The molecular formula is C21H26N2O4S. The van der Waals surface area contributed by atoms with Gasteiger partial charge in [-0.2, -0.15) is 4.72 Å². The summed E-state index contributed by atoms with van der Waals surface area (Å²) in [7, 11) is -3.81. The monoisotopic (exact) mass is 402 g/mol. The molecule has 0 radical (unpaired) electrons. The second-order valence-corrected chi connectivity index (χ2v) is 8.70. The number of amides is 1. The summed E-state index contributed by atoms with van der Waals surface area (Å²) in [5, 5.41) is 0. The van der Waals surface area contributed by atoms with E-state index in [2.05, 4.69) is 10.8 Å². The molecule has 0 unspecified atom stereocenters. The Labute approximate surface area is 166 Å². The van der Waals surface area contributed by atoms with Gasteiger partial charge in [-0.25, -0.2) is 8.42 Å². The molecule has 0 saturated carbocycles. The normalized spacial score (nSPS) is 15.0. The average molecular weight is 403 g/mol. The average Bonchev–Trinajstić information content (AvgIpc) is 2.68. The molecule has 0 spiro atoms. The van der Waals surface area contributed by atoms with Gasteiger partial charge < -0.3 is 9.64 Å². The summed E-state index contributed by atoms with van der Waals surface area (Å²) >= 11 is 0. The lowest BCUT2D eigenvalue weighted by Gasteiger charge is -2.31. The molecule has 28 heavy (non-hydrogen) atoms. The molecule has 0 fully saturated rings. The van der Waals surface area contributed by atoms with Gasteiger partial charge in [-0.15, -0.1) is 0 Å². The standard InChI is InChI=1S/C21H26N2O4S/c1-4-27-20-10-9-19(13-15(20)2)28(25,26)22-16(3)21(24)23-12-11-17-7-5-6-8-18(17)14-23/h5-10,13,16,22H,4,11-12,14H2,1-3H3/t16-/m0/s1. The highest BCUT2D eigenvalue weighted by Crippen LogP contribution is 2.23. The van der Waals surface area contributed by atoms with E-state index in [1.54, 1.807) is 30.9 Å². The molecule has 7 heteroatoms. The summed E-state index contributed by atoms with van der Waals surface area (Å²) < 4.78 is 33.4. The Morgan fingerprint density at radius 3 is 2.61 bits per heavy atom. The number of hydrogen-bond donors (Lipinski definition) is 1. The van der Waals surface area contributed by atoms with Crippen LogP contribution in [0.25, 0.3) is 0 Å². The first kappa shape index (κ1) is 20.4. The van der Waals surface area contributed by atoms with E-state index in [4.69, 9.17) is 4.74 Å². The second kappa shape index (κ2) is 8.32. The quantitative estimate of drug-likeness (QED) is 0.806. The summed E-state index contributed by atoms with van der Waals surface area (Å²) in [4.78, 5) is 14.6. The number of nitrogens with one attached hydrogen (secondary N) is 1. The molecule has 0 aliphatic carbocycles. The molecule has 2 aromatic rings. The summed E-state index contributed by atoms with van der Waals surface area (Å²) in [5.41, 5.74) is 3.08. The molecule has 1 aliphatic heterocycles. The Hall–Kier alpha value is -2.38. The van der Waals surface area contributed by atoms with E-state index in [1.165, 1.54) is 11.6 Å². The highest BCUT2D eigenvalue weighted by atomic mass is 32.2. The van der Waals surface area contributed by atoms with Gasteiger partial charge in [-0.05, 0) is 62.1 Å². The van der Waals surface area contributed by atoms with Crippen LogP contribution in [0.4, 0.5) is 0 Å². The number of fused-ring (bicyclic) bond motifs is 1. The van der Waals surface area contributed by atoms with Crippen LogP contribution in [0.3, 0.4) is 0 Å². The minimum atomic E-state index is -3.81. The van der Waals surface area contributed by atoms with Crippen molar-refractivity contribution in [2.24, 2.45) is 0 Å². The van der Waals surface area contributed by atoms with Crippen LogP contribution in [-0.2, 0) is 27.8 Å². The van der Waals surface area contributed by atoms with Crippen LogP contribution < -0.4 is 9.46 Å². The van der Waals surface area contributed by atoms with Gasteiger partial charge in [0.15, 0.2) is 0 Å². The number of benzene rings is 2. The lowest BCUT2D eigenvalue weighted by molar-refractivity contribution is -0.133. The van der Waals surface area contributed by atoms with Crippen LogP contribution in [0, 0.1) is 6.92 Å². The van der Waals surface area contributed by atoms with Crippen molar-refractivity contribution in [3.8, 4) is 5.75 Å². The van der Waals surface area contributed by atoms with E-state index < -0.39 is 16.1 Å². The first-order valence-electron chi connectivity index (χ1n) is 9.43. The van der Waals surface area contributed by atoms with Gasteiger partial charge in [-0.1, -0.05) is 24.3 Å². The number of nitrogens with zero attached hydrogens (tertiary/aromatic N) is 1. The molecule has 150 valence electrons. The van der Waals surface area contributed by atoms with Crippen molar-refractivity contribution in [1.82, 2.24) is 9.62 Å². The molecule has 1 heterocycles. The smallest absolute Gasteiger partial charge is 0.241 e. The van der Waals surface area contributed by atoms with Gasteiger partial charge >= 0.3 is 0 Å². The predicted molar refractivity (Wildman–Crippen MR) is 108 cm³/mol. The topological polar surface area (TPSA) is 75.7 Å². The minimum absolute atomic E-state index is 0.122. The molecule has 3 rings (SSSR count). The molecule has 0 bridgehead atoms. The molecule has 1 aliphatic rings. The molecule has 0 aromatic heterocycles. The number of hydrogen-bond acceptors (Lipinski definition) is 4. The Bertz CT molecular complexity index is 972. The fraction of sp³-hybridized carbons (Fsp3) is 0.381. The van der Waals surface area contributed by atoms with Crippen LogP contribution in [-0.4, -0.2) is 38.4 Å². The molecule has 6 nitrogen and oxygen atoms in total. The van der Waals surface area contributed by atoms with E-state index in [1.807, 2.05) is 25.1 Å². The SMILES string of the molecule is CCOc1ccc(S(=O)(=O)N[C@@H](C)C(=O)N2CCc3ccccc3C2)cc1C. The lowest BCUT2D eigenvalue weighted by atomic mass is 9.99. The molecule has 1 N–H and O–H groups in total. The largest absolute Gasteiger partial charge is 0.494 e. The Kier molecular flexibility index (Phi) is 6.05. The third-order valence-corrected chi connectivity index (χ3v) is 6.44. The van der Waals surface area contributed by atoms with E-state index in [0.717, 1.165) is 17.5 Å². The predicted octanol–water partition coefficient (Wildman–Crippen LogP) is 2.65. The van der Waals surface area contributed by atoms with Crippen molar-refractivity contribution in [2.45, 2.75) is 44.7 Å². The first-order chi connectivity index (χ1) is 13.3. The van der Waals surface area contributed by atoms with E-state index in [-0.39, 0.29) is 10.8 Å². The molecule has 2 aromatic carbocycles. The summed E-state index contributed by atoms with van der Waals surface area (Å²) in [6, 6.07) is 11.9. The van der Waals surface area contributed by atoms with Gasteiger partial charge in [0, 0.05) is 13.1 Å². The molecule has 0 saturated heterocycles. The number of carbonyl (C=O) groups excluding carboxylic acids is 1. The maximum Gasteiger partial charge on any atom is 0.241 e. The number of carbonyl (C=O) groups is 1. The van der Waals surface area contributed by atoms with Gasteiger partial charge in [0.1, 0.15) is 5.75 Å². The maximum atomic E-state index is 12.8. The van der Waals surface area contributed by atoms with Crippen LogP contribution in [0.5, 0.6) is 5.75 Å². The first-order valence-corrected chi connectivity index (χ1v) is 10.9. The second-order valence-electron chi connectivity index (χ2n) is 6.98. The third-order valence-electron chi connectivity index (χ3n) is 4.90. The van der Waals surface area contributed by atoms with Crippen molar-refractivity contribution in [2.75, 3.05) is 13.2 Å².